The summed E-state index contributed by atoms with van der Waals surface area (Å²) in [5.74, 6) is -0.669. The minimum absolute atomic E-state index is 0.0291. The van der Waals surface area contributed by atoms with E-state index < -0.39 is 5.97 Å². The Labute approximate surface area is 129 Å². The van der Waals surface area contributed by atoms with Crippen LogP contribution in [0.25, 0.3) is 0 Å². The van der Waals surface area contributed by atoms with Gasteiger partial charge < -0.3 is 15.7 Å². The molecule has 0 spiro atoms. The van der Waals surface area contributed by atoms with Gasteiger partial charge in [0.2, 0.25) is 0 Å². The number of halogens is 1. The van der Waals surface area contributed by atoms with Crippen molar-refractivity contribution in [1.29, 1.82) is 0 Å². The third kappa shape index (κ3) is 4.93. The predicted molar refractivity (Wildman–Crippen MR) is 84.1 cm³/mol. The normalized spacial score (nSPS) is 12.0. The number of nitrogens with one attached hydrogen (secondary N) is 2. The van der Waals surface area contributed by atoms with Crippen molar-refractivity contribution in [3.63, 3.8) is 0 Å². The van der Waals surface area contributed by atoms with E-state index in [2.05, 4.69) is 24.5 Å². The topological polar surface area (TPSA) is 78.4 Å². The fourth-order valence-electron chi connectivity index (χ4n) is 2.23. The Kier molecular flexibility index (Phi) is 6.49. The Morgan fingerprint density at radius 2 is 1.90 bits per heavy atom. The lowest BCUT2D eigenvalue weighted by molar-refractivity contribution is 0.0697. The van der Waals surface area contributed by atoms with Crippen LogP contribution >= 0.6 is 11.6 Å². The number of hydrogen-bond donors (Lipinski definition) is 3. The molecule has 0 aromatic heterocycles. The van der Waals surface area contributed by atoms with Crippen molar-refractivity contribution in [2.24, 2.45) is 5.92 Å². The number of carbonyl (C=O) groups is 2. The van der Waals surface area contributed by atoms with Crippen LogP contribution in [0.15, 0.2) is 18.2 Å². The van der Waals surface area contributed by atoms with E-state index in [1.54, 1.807) is 0 Å². The summed E-state index contributed by atoms with van der Waals surface area (Å²) in [6.07, 6.45) is 1.96. The van der Waals surface area contributed by atoms with Gasteiger partial charge in [0.15, 0.2) is 0 Å². The van der Waals surface area contributed by atoms with Gasteiger partial charge in [-0.3, -0.25) is 0 Å². The van der Waals surface area contributed by atoms with Crippen molar-refractivity contribution < 1.29 is 14.7 Å². The maximum absolute atomic E-state index is 12.0. The molecule has 6 heteroatoms. The monoisotopic (exact) mass is 312 g/mol. The third-order valence-electron chi connectivity index (χ3n) is 3.58. The number of carbonyl (C=O) groups excluding carboxylic acids is 1. The molecule has 1 aromatic rings. The second kappa shape index (κ2) is 7.88. The summed E-state index contributed by atoms with van der Waals surface area (Å²) in [5.41, 5.74) is 0.355. The fraction of sp³-hybridized carbons (Fsp3) is 0.467. The van der Waals surface area contributed by atoms with Crippen LogP contribution in [0.5, 0.6) is 0 Å². The summed E-state index contributed by atoms with van der Waals surface area (Å²) in [4.78, 5) is 22.9. The molecular weight excluding hydrogens is 292 g/mol. The van der Waals surface area contributed by atoms with Crippen LogP contribution in [0.4, 0.5) is 10.5 Å². The first-order valence-corrected chi connectivity index (χ1v) is 7.37. The second-order valence-corrected chi connectivity index (χ2v) is 5.37. The van der Waals surface area contributed by atoms with Crippen LogP contribution in [-0.4, -0.2) is 23.1 Å². The lowest BCUT2D eigenvalue weighted by Gasteiger charge is -2.22. The van der Waals surface area contributed by atoms with E-state index in [0.717, 1.165) is 12.8 Å². The number of amides is 2. The van der Waals surface area contributed by atoms with Crippen molar-refractivity contribution in [2.45, 2.75) is 39.7 Å². The average molecular weight is 313 g/mol. The quantitative estimate of drug-likeness (QED) is 0.743. The molecule has 2 amide bonds. The van der Waals surface area contributed by atoms with Gasteiger partial charge in [-0.2, -0.15) is 0 Å². The van der Waals surface area contributed by atoms with Crippen molar-refractivity contribution in [2.75, 3.05) is 5.32 Å². The summed E-state index contributed by atoms with van der Waals surface area (Å²) in [7, 11) is 0. The number of hydrogen-bond acceptors (Lipinski definition) is 2. The number of aromatic carboxylic acids is 1. The zero-order valence-electron chi connectivity index (χ0n) is 12.4. The van der Waals surface area contributed by atoms with Gasteiger partial charge in [0.1, 0.15) is 0 Å². The number of benzene rings is 1. The van der Waals surface area contributed by atoms with Crippen LogP contribution in [0, 0.1) is 5.92 Å². The highest BCUT2D eigenvalue weighted by atomic mass is 35.5. The van der Waals surface area contributed by atoms with Crippen LogP contribution in [0.3, 0.4) is 0 Å². The van der Waals surface area contributed by atoms with Crippen molar-refractivity contribution in [3.8, 4) is 0 Å². The zero-order valence-corrected chi connectivity index (χ0v) is 13.2. The molecule has 0 aliphatic rings. The molecule has 0 fully saturated rings. The molecule has 21 heavy (non-hydrogen) atoms. The fourth-order valence-corrected chi connectivity index (χ4v) is 2.40. The molecule has 0 aliphatic carbocycles. The molecule has 0 heterocycles. The van der Waals surface area contributed by atoms with E-state index in [1.165, 1.54) is 18.2 Å². The molecular formula is C15H21ClN2O3. The molecule has 1 rings (SSSR count). The highest BCUT2D eigenvalue weighted by Crippen LogP contribution is 2.23. The molecule has 116 valence electrons. The summed E-state index contributed by atoms with van der Waals surface area (Å²) in [6.45, 7) is 6.11. The number of anilines is 1. The molecule has 1 aromatic carbocycles. The lowest BCUT2D eigenvalue weighted by atomic mass is 9.96. The van der Waals surface area contributed by atoms with Gasteiger partial charge in [-0.05, 0) is 31.0 Å². The van der Waals surface area contributed by atoms with E-state index >= 15 is 0 Å². The number of carboxylic acids is 1. The molecule has 1 unspecified atom stereocenters. The van der Waals surface area contributed by atoms with Gasteiger partial charge in [-0.25, -0.2) is 9.59 Å². The molecule has 0 saturated carbocycles. The summed E-state index contributed by atoms with van der Waals surface area (Å²) >= 11 is 5.96. The van der Waals surface area contributed by atoms with Gasteiger partial charge >= 0.3 is 12.0 Å². The molecule has 0 aliphatic heterocycles. The van der Waals surface area contributed by atoms with Gasteiger partial charge in [-0.15, -0.1) is 0 Å². The Morgan fingerprint density at radius 1 is 1.29 bits per heavy atom. The third-order valence-corrected chi connectivity index (χ3v) is 3.91. The Balaban J connectivity index is 2.75. The minimum Gasteiger partial charge on any atom is -0.478 e. The zero-order chi connectivity index (χ0) is 16.0. The van der Waals surface area contributed by atoms with Crippen LogP contribution < -0.4 is 10.6 Å². The first-order valence-electron chi connectivity index (χ1n) is 6.99. The lowest BCUT2D eigenvalue weighted by Crippen LogP contribution is -2.40. The molecule has 0 saturated heterocycles. The van der Waals surface area contributed by atoms with Crippen LogP contribution in [-0.2, 0) is 0 Å². The van der Waals surface area contributed by atoms with Crippen LogP contribution in [0.1, 0.15) is 44.0 Å². The van der Waals surface area contributed by atoms with E-state index in [0.29, 0.717) is 10.9 Å². The number of carboxylic acid groups (broad SMARTS) is 1. The molecule has 5 nitrogen and oxygen atoms in total. The van der Waals surface area contributed by atoms with E-state index in [1.807, 2.05) is 6.92 Å². The largest absolute Gasteiger partial charge is 0.478 e. The Hall–Kier alpha value is -1.75. The van der Waals surface area contributed by atoms with E-state index in [9.17, 15) is 9.59 Å². The SMILES string of the molecule is CCC(CC)C(C)NC(=O)Nc1cc(C(=O)O)ccc1Cl. The summed E-state index contributed by atoms with van der Waals surface area (Å²) < 4.78 is 0. The number of urea groups is 1. The van der Waals surface area contributed by atoms with E-state index in [-0.39, 0.29) is 23.3 Å². The van der Waals surface area contributed by atoms with Crippen molar-refractivity contribution >= 4 is 29.3 Å². The van der Waals surface area contributed by atoms with Gasteiger partial charge in [0.25, 0.3) is 0 Å². The Morgan fingerprint density at radius 3 is 2.43 bits per heavy atom. The Bertz CT molecular complexity index is 516. The first kappa shape index (κ1) is 17.3. The van der Waals surface area contributed by atoms with Crippen molar-refractivity contribution in [3.05, 3.63) is 28.8 Å². The minimum atomic E-state index is -1.07. The molecule has 0 bridgehead atoms. The first-order chi connectivity index (χ1) is 9.88. The standard InChI is InChI=1S/C15H21ClN2O3/c1-4-10(5-2)9(3)17-15(21)18-13-8-11(14(19)20)6-7-12(13)16/h6-10H,4-5H2,1-3H3,(H,19,20)(H2,17,18,21). The van der Waals surface area contributed by atoms with Gasteiger partial charge in [0, 0.05) is 6.04 Å². The smallest absolute Gasteiger partial charge is 0.335 e. The highest BCUT2D eigenvalue weighted by Gasteiger charge is 2.16. The second-order valence-electron chi connectivity index (χ2n) is 4.96. The molecule has 0 radical (unpaired) electrons. The van der Waals surface area contributed by atoms with Crippen molar-refractivity contribution in [1.82, 2.24) is 5.32 Å². The van der Waals surface area contributed by atoms with Gasteiger partial charge in [0.05, 0.1) is 16.3 Å². The maximum atomic E-state index is 12.0. The average Bonchev–Trinajstić information content (AvgIpc) is 2.42. The van der Waals surface area contributed by atoms with Gasteiger partial charge in [-0.1, -0.05) is 38.3 Å². The van der Waals surface area contributed by atoms with Crippen LogP contribution in [0.2, 0.25) is 5.02 Å². The summed E-state index contributed by atoms with van der Waals surface area (Å²) in [5, 5.41) is 14.7. The maximum Gasteiger partial charge on any atom is 0.335 e. The summed E-state index contributed by atoms with van der Waals surface area (Å²) in [6, 6.07) is 3.82. The predicted octanol–water partition coefficient (Wildman–Crippen LogP) is 3.98. The number of rotatable bonds is 6. The van der Waals surface area contributed by atoms with E-state index in [4.69, 9.17) is 16.7 Å². The molecule has 1 atom stereocenters. The highest BCUT2D eigenvalue weighted by molar-refractivity contribution is 6.33. The molecule has 3 N–H and O–H groups in total.